The van der Waals surface area contributed by atoms with Crippen molar-refractivity contribution >= 4 is 11.7 Å². The second-order valence-electron chi connectivity index (χ2n) is 6.06. The van der Waals surface area contributed by atoms with Gasteiger partial charge in [-0.2, -0.15) is 9.50 Å². The van der Waals surface area contributed by atoms with Crippen molar-refractivity contribution in [1.29, 1.82) is 0 Å². The number of benzene rings is 1. The molecular weight excluding hydrogens is 292 g/mol. The van der Waals surface area contributed by atoms with E-state index in [-0.39, 0.29) is 11.5 Å². The van der Waals surface area contributed by atoms with Gasteiger partial charge in [0.25, 0.3) is 11.3 Å². The quantitative estimate of drug-likeness (QED) is 0.735. The second-order valence-corrected chi connectivity index (χ2v) is 6.06. The van der Waals surface area contributed by atoms with Gasteiger partial charge in [0, 0.05) is 25.2 Å². The number of rotatable bonds is 2. The molecule has 1 aliphatic heterocycles. The Morgan fingerprint density at radius 2 is 2.09 bits per heavy atom. The van der Waals surface area contributed by atoms with Crippen LogP contribution in [-0.4, -0.2) is 30.5 Å². The fourth-order valence-electron chi connectivity index (χ4n) is 3.18. The fraction of sp³-hybridized carbons (Fsp3) is 0.312. The Bertz CT molecular complexity index is 928. The molecule has 0 spiro atoms. The van der Waals surface area contributed by atoms with Crippen LogP contribution in [0.1, 0.15) is 23.7 Å². The molecule has 3 N–H and O–H groups in total. The summed E-state index contributed by atoms with van der Waals surface area (Å²) in [5.41, 5.74) is 8.86. The molecule has 23 heavy (non-hydrogen) atoms. The summed E-state index contributed by atoms with van der Waals surface area (Å²) < 4.78 is 1.26. The first-order valence-corrected chi connectivity index (χ1v) is 7.65. The van der Waals surface area contributed by atoms with E-state index >= 15 is 0 Å². The summed E-state index contributed by atoms with van der Waals surface area (Å²) in [5.74, 6) is 0.502. The molecule has 0 saturated heterocycles. The lowest BCUT2D eigenvalue weighted by Crippen LogP contribution is -2.38. The topological polar surface area (TPSA) is 92.3 Å². The smallest absolute Gasteiger partial charge is 0.274 e. The van der Waals surface area contributed by atoms with Gasteiger partial charge < -0.3 is 5.73 Å². The Hall–Kier alpha value is -2.67. The first-order valence-electron chi connectivity index (χ1n) is 7.65. The van der Waals surface area contributed by atoms with E-state index in [0.717, 1.165) is 13.0 Å². The number of nitrogens with two attached hydrogens (primary N) is 1. The van der Waals surface area contributed by atoms with Crippen LogP contribution < -0.4 is 11.3 Å². The molecule has 3 aromatic rings. The molecule has 7 nitrogen and oxygen atoms in total. The molecule has 0 aliphatic carbocycles. The van der Waals surface area contributed by atoms with E-state index in [9.17, 15) is 4.79 Å². The van der Waals surface area contributed by atoms with Gasteiger partial charge in [-0.15, -0.1) is 0 Å². The molecule has 0 bridgehead atoms. The zero-order valence-electron chi connectivity index (χ0n) is 12.9. The van der Waals surface area contributed by atoms with Gasteiger partial charge in [-0.25, -0.2) is 4.98 Å². The molecule has 1 aliphatic rings. The summed E-state index contributed by atoms with van der Waals surface area (Å²) in [7, 11) is 0. The number of hydrogen-bond donors (Lipinski definition) is 2. The molecule has 0 saturated carbocycles. The first kappa shape index (κ1) is 14.0. The van der Waals surface area contributed by atoms with Gasteiger partial charge >= 0.3 is 0 Å². The number of aromatic amines is 1. The number of anilines is 1. The van der Waals surface area contributed by atoms with Crippen molar-refractivity contribution in [2.45, 2.75) is 32.5 Å². The number of nitrogens with one attached hydrogen (secondary N) is 1. The highest BCUT2D eigenvalue weighted by atomic mass is 16.1. The summed E-state index contributed by atoms with van der Waals surface area (Å²) in [6.45, 7) is 3.68. The maximum Gasteiger partial charge on any atom is 0.274 e. The molecule has 2 aromatic heterocycles. The minimum absolute atomic E-state index is 0.187. The van der Waals surface area contributed by atoms with Crippen LogP contribution in [0, 0.1) is 0 Å². The van der Waals surface area contributed by atoms with Crippen molar-refractivity contribution in [1.82, 2.24) is 24.5 Å². The number of fused-ring (bicyclic) bond motifs is 2. The molecule has 1 atom stereocenters. The summed E-state index contributed by atoms with van der Waals surface area (Å²) in [5, 5.41) is 2.67. The second kappa shape index (κ2) is 5.20. The van der Waals surface area contributed by atoms with Crippen LogP contribution in [0.25, 0.3) is 5.78 Å². The van der Waals surface area contributed by atoms with Crippen LogP contribution in [0.4, 0.5) is 5.95 Å². The largest absolute Gasteiger partial charge is 0.368 e. The lowest BCUT2D eigenvalue weighted by atomic mass is 9.95. The lowest BCUT2D eigenvalue weighted by Gasteiger charge is -2.34. The first-order chi connectivity index (χ1) is 11.1. The average molecular weight is 310 g/mol. The Morgan fingerprint density at radius 1 is 1.30 bits per heavy atom. The van der Waals surface area contributed by atoms with Gasteiger partial charge in [0.1, 0.15) is 0 Å². The zero-order chi connectivity index (χ0) is 16.0. The van der Waals surface area contributed by atoms with Crippen molar-refractivity contribution in [3.05, 3.63) is 57.5 Å². The van der Waals surface area contributed by atoms with Gasteiger partial charge in [-0.05, 0) is 24.5 Å². The molecule has 1 unspecified atom stereocenters. The van der Waals surface area contributed by atoms with Crippen LogP contribution in [0.5, 0.6) is 0 Å². The summed E-state index contributed by atoms with van der Waals surface area (Å²) in [6.07, 6.45) is 1.01. The van der Waals surface area contributed by atoms with Crippen LogP contribution >= 0.6 is 0 Å². The number of nitrogen functional groups attached to an aromatic ring is 1. The predicted octanol–water partition coefficient (Wildman–Crippen LogP) is 0.947. The van der Waals surface area contributed by atoms with Crippen LogP contribution in [-0.2, 0) is 19.5 Å². The molecule has 0 fully saturated rings. The van der Waals surface area contributed by atoms with Crippen molar-refractivity contribution in [2.24, 2.45) is 0 Å². The summed E-state index contributed by atoms with van der Waals surface area (Å²) in [6, 6.07) is 10.4. The monoisotopic (exact) mass is 310 g/mol. The Balaban J connectivity index is 1.64. The normalized spacial score (nSPS) is 18.2. The Labute approximate surface area is 132 Å². The van der Waals surface area contributed by atoms with Gasteiger partial charge in [0.15, 0.2) is 0 Å². The van der Waals surface area contributed by atoms with Crippen LogP contribution in [0.15, 0.2) is 35.1 Å². The van der Waals surface area contributed by atoms with E-state index in [1.54, 1.807) is 0 Å². The highest BCUT2D eigenvalue weighted by molar-refractivity contribution is 5.34. The maximum absolute atomic E-state index is 12.1. The van der Waals surface area contributed by atoms with Crippen molar-refractivity contribution in [3.8, 4) is 0 Å². The zero-order valence-corrected chi connectivity index (χ0v) is 12.9. The molecule has 118 valence electrons. The molecular formula is C16H18N6O. The van der Waals surface area contributed by atoms with E-state index in [1.165, 1.54) is 21.7 Å². The molecule has 3 heterocycles. The third kappa shape index (κ3) is 2.49. The summed E-state index contributed by atoms with van der Waals surface area (Å²) in [4.78, 5) is 22.9. The van der Waals surface area contributed by atoms with E-state index < -0.39 is 0 Å². The third-order valence-electron chi connectivity index (χ3n) is 4.40. The van der Waals surface area contributed by atoms with Crippen molar-refractivity contribution < 1.29 is 0 Å². The average Bonchev–Trinajstić information content (AvgIpc) is 2.89. The molecule has 1 aromatic carbocycles. The maximum atomic E-state index is 12.1. The SMILES string of the molecule is CC1Cc2ccccc2CN1Cc1cc(=O)n2[nH]c(N)nc2n1. The third-order valence-corrected chi connectivity index (χ3v) is 4.40. The fourth-order valence-corrected chi connectivity index (χ4v) is 3.18. The number of nitrogens with zero attached hydrogens (tertiary/aromatic N) is 4. The van der Waals surface area contributed by atoms with Gasteiger partial charge in [0.05, 0.1) is 5.69 Å². The minimum atomic E-state index is -0.195. The van der Waals surface area contributed by atoms with E-state index in [4.69, 9.17) is 5.73 Å². The molecule has 0 amide bonds. The van der Waals surface area contributed by atoms with Crippen LogP contribution in [0.2, 0.25) is 0 Å². The Morgan fingerprint density at radius 3 is 2.91 bits per heavy atom. The number of H-pyrrole nitrogens is 1. The van der Waals surface area contributed by atoms with Gasteiger partial charge in [0.2, 0.25) is 5.95 Å². The van der Waals surface area contributed by atoms with Crippen molar-refractivity contribution in [3.63, 3.8) is 0 Å². The molecule has 4 rings (SSSR count). The summed E-state index contributed by atoms with van der Waals surface area (Å²) >= 11 is 0. The Kier molecular flexibility index (Phi) is 3.16. The lowest BCUT2D eigenvalue weighted by molar-refractivity contribution is 0.173. The predicted molar refractivity (Wildman–Crippen MR) is 86.9 cm³/mol. The standard InChI is InChI=1S/C16H18N6O/c1-10-6-11-4-2-3-5-12(11)8-21(10)9-13-7-14(23)22-16(18-13)19-15(17)20-22/h2-5,7,10H,6,8-9H2,1H3,(H3,17,18,19,20). The molecule has 0 radical (unpaired) electrons. The highest BCUT2D eigenvalue weighted by Gasteiger charge is 2.23. The van der Waals surface area contributed by atoms with E-state index in [2.05, 4.69) is 51.2 Å². The number of hydrogen-bond acceptors (Lipinski definition) is 5. The van der Waals surface area contributed by atoms with Crippen molar-refractivity contribution in [2.75, 3.05) is 5.73 Å². The van der Waals surface area contributed by atoms with E-state index in [0.29, 0.717) is 24.1 Å². The number of aromatic nitrogens is 4. The van der Waals surface area contributed by atoms with E-state index in [1.807, 2.05) is 0 Å². The van der Waals surface area contributed by atoms with Crippen LogP contribution in [0.3, 0.4) is 0 Å². The minimum Gasteiger partial charge on any atom is -0.368 e. The molecule has 7 heteroatoms. The van der Waals surface area contributed by atoms with Gasteiger partial charge in [-0.1, -0.05) is 24.3 Å². The van der Waals surface area contributed by atoms with Gasteiger partial charge in [-0.3, -0.25) is 14.8 Å². The highest BCUT2D eigenvalue weighted by Crippen LogP contribution is 2.24.